The molecule has 0 aromatic carbocycles. The molecule has 3 N–H and O–H groups in total. The number of nitrogens with two attached hydrogens (primary N) is 1. The van der Waals surface area contributed by atoms with E-state index in [0.29, 0.717) is 0 Å². The van der Waals surface area contributed by atoms with Crippen LogP contribution in [0.5, 0.6) is 0 Å². The molecule has 9 nitrogen and oxygen atoms in total. The fraction of sp³-hybridized carbons (Fsp3) is 0.375. The number of aromatic nitrogens is 2. The molecule has 0 aliphatic rings. The smallest absolute Gasteiger partial charge is 0.329 e. The summed E-state index contributed by atoms with van der Waals surface area (Å²) >= 11 is 0. The second-order valence-corrected chi connectivity index (χ2v) is 3.23. The van der Waals surface area contributed by atoms with Crippen molar-refractivity contribution in [2.45, 2.75) is 0 Å². The van der Waals surface area contributed by atoms with Gasteiger partial charge < -0.3 is 16.0 Å². The van der Waals surface area contributed by atoms with Gasteiger partial charge in [-0.15, -0.1) is 0 Å². The average Bonchev–Trinajstić information content (AvgIpc) is 2.27. The summed E-state index contributed by atoms with van der Waals surface area (Å²) in [5.74, 6) is -0.346. The van der Waals surface area contributed by atoms with Crippen LogP contribution in [0, 0.1) is 10.1 Å². The van der Waals surface area contributed by atoms with Crippen molar-refractivity contribution in [2.24, 2.45) is 5.73 Å². The monoisotopic (exact) mass is 240 g/mol. The van der Waals surface area contributed by atoms with Gasteiger partial charge in [-0.05, 0) is 0 Å². The second kappa shape index (κ2) is 5.05. The van der Waals surface area contributed by atoms with Crippen LogP contribution in [-0.2, 0) is 4.79 Å². The van der Waals surface area contributed by atoms with E-state index in [1.54, 1.807) is 7.05 Å². The Morgan fingerprint density at radius 3 is 2.82 bits per heavy atom. The number of carbonyl (C=O) groups is 1. The number of nitro groups is 1. The lowest BCUT2D eigenvalue weighted by Crippen LogP contribution is -2.31. The molecule has 0 spiro atoms. The molecule has 0 bridgehead atoms. The number of likely N-dealkylation sites (N-methyl/N-ethyl adjacent to an activating group) is 1. The molecule has 17 heavy (non-hydrogen) atoms. The summed E-state index contributed by atoms with van der Waals surface area (Å²) in [4.78, 5) is 29.9. The highest BCUT2D eigenvalue weighted by molar-refractivity contribution is 5.80. The van der Waals surface area contributed by atoms with Crippen LogP contribution in [0.4, 0.5) is 17.5 Å². The van der Waals surface area contributed by atoms with Crippen LogP contribution >= 0.6 is 0 Å². The third-order valence-corrected chi connectivity index (χ3v) is 1.92. The fourth-order valence-electron chi connectivity index (χ4n) is 1.21. The van der Waals surface area contributed by atoms with Crippen LogP contribution in [-0.4, -0.2) is 41.4 Å². The fourth-order valence-corrected chi connectivity index (χ4v) is 1.21. The van der Waals surface area contributed by atoms with Gasteiger partial charge in [-0.3, -0.25) is 14.9 Å². The van der Waals surface area contributed by atoms with Crippen LogP contribution in [0.2, 0.25) is 0 Å². The Labute approximate surface area is 96.8 Å². The molecular formula is C8H12N6O3. The van der Waals surface area contributed by atoms with Crippen LogP contribution in [0.3, 0.4) is 0 Å². The molecule has 0 saturated carbocycles. The number of hydrogen-bond acceptors (Lipinski definition) is 7. The van der Waals surface area contributed by atoms with Gasteiger partial charge in [-0.2, -0.15) is 4.98 Å². The van der Waals surface area contributed by atoms with Crippen molar-refractivity contribution in [1.82, 2.24) is 9.97 Å². The topological polar surface area (TPSA) is 127 Å². The van der Waals surface area contributed by atoms with E-state index in [0.717, 1.165) is 6.20 Å². The first-order valence-corrected chi connectivity index (χ1v) is 4.64. The zero-order valence-corrected chi connectivity index (χ0v) is 9.38. The first-order chi connectivity index (χ1) is 7.95. The van der Waals surface area contributed by atoms with Gasteiger partial charge in [0, 0.05) is 14.1 Å². The van der Waals surface area contributed by atoms with Crippen LogP contribution < -0.4 is 16.0 Å². The van der Waals surface area contributed by atoms with E-state index in [4.69, 9.17) is 5.73 Å². The lowest BCUT2D eigenvalue weighted by molar-refractivity contribution is -0.384. The number of nitrogens with one attached hydrogen (secondary N) is 1. The van der Waals surface area contributed by atoms with E-state index >= 15 is 0 Å². The average molecular weight is 240 g/mol. The van der Waals surface area contributed by atoms with Crippen molar-refractivity contribution in [2.75, 3.05) is 30.9 Å². The lowest BCUT2D eigenvalue weighted by Gasteiger charge is -2.16. The van der Waals surface area contributed by atoms with E-state index in [-0.39, 0.29) is 24.0 Å². The predicted molar refractivity (Wildman–Crippen MR) is 60.7 cm³/mol. The molecule has 1 rings (SSSR count). The number of amides is 1. The summed E-state index contributed by atoms with van der Waals surface area (Å²) in [5.41, 5.74) is 4.73. The second-order valence-electron chi connectivity index (χ2n) is 3.23. The van der Waals surface area contributed by atoms with E-state index < -0.39 is 10.8 Å². The molecule has 1 aromatic rings. The van der Waals surface area contributed by atoms with Gasteiger partial charge in [0.1, 0.15) is 6.20 Å². The van der Waals surface area contributed by atoms with E-state index in [1.807, 2.05) is 0 Å². The molecule has 9 heteroatoms. The summed E-state index contributed by atoms with van der Waals surface area (Å²) < 4.78 is 0. The minimum Gasteiger partial charge on any atom is -0.368 e. The van der Waals surface area contributed by atoms with Gasteiger partial charge in [0.25, 0.3) is 0 Å². The largest absolute Gasteiger partial charge is 0.368 e. The number of rotatable bonds is 5. The number of carbonyl (C=O) groups excluding carboxylic acids is 1. The highest BCUT2D eigenvalue weighted by Crippen LogP contribution is 2.24. The van der Waals surface area contributed by atoms with Crippen molar-refractivity contribution >= 4 is 23.4 Å². The standard InChI is InChI=1S/C8H12N6O3/c1-10-8-11-3-5(14(16)17)7(12-8)13(2)4-6(9)15/h3H,4H2,1-2H3,(H2,9,15)(H,10,11,12). The first kappa shape index (κ1) is 12.6. The van der Waals surface area contributed by atoms with Crippen LogP contribution in [0.25, 0.3) is 0 Å². The normalized spacial score (nSPS) is 9.76. The molecular weight excluding hydrogens is 228 g/mol. The van der Waals surface area contributed by atoms with Crippen LogP contribution in [0.15, 0.2) is 6.20 Å². The Bertz CT molecular complexity index is 449. The maximum absolute atomic E-state index is 10.8. The number of hydrogen-bond donors (Lipinski definition) is 2. The Hall–Kier alpha value is -2.45. The minimum atomic E-state index is -0.619. The molecule has 0 fully saturated rings. The van der Waals surface area contributed by atoms with E-state index in [1.165, 1.54) is 11.9 Å². The summed E-state index contributed by atoms with van der Waals surface area (Å²) in [7, 11) is 3.07. The molecule has 0 aliphatic carbocycles. The molecule has 0 radical (unpaired) electrons. The third kappa shape index (κ3) is 3.00. The highest BCUT2D eigenvalue weighted by Gasteiger charge is 2.21. The molecule has 0 atom stereocenters. The van der Waals surface area contributed by atoms with Gasteiger partial charge in [0.15, 0.2) is 0 Å². The van der Waals surface area contributed by atoms with Crippen molar-refractivity contribution in [3.8, 4) is 0 Å². The lowest BCUT2D eigenvalue weighted by atomic mass is 10.4. The molecule has 1 aromatic heterocycles. The van der Waals surface area contributed by atoms with Gasteiger partial charge in [0.05, 0.1) is 11.5 Å². The van der Waals surface area contributed by atoms with Gasteiger partial charge in [-0.1, -0.05) is 0 Å². The summed E-state index contributed by atoms with van der Waals surface area (Å²) in [6, 6.07) is 0. The molecule has 1 heterocycles. The zero-order chi connectivity index (χ0) is 13.0. The van der Waals surface area contributed by atoms with Gasteiger partial charge in [-0.25, -0.2) is 4.98 Å². The number of nitrogens with zero attached hydrogens (tertiary/aromatic N) is 4. The predicted octanol–water partition coefficient (Wildman–Crippen LogP) is -0.652. The van der Waals surface area contributed by atoms with E-state index in [2.05, 4.69) is 15.3 Å². The first-order valence-electron chi connectivity index (χ1n) is 4.64. The van der Waals surface area contributed by atoms with E-state index in [9.17, 15) is 14.9 Å². The third-order valence-electron chi connectivity index (χ3n) is 1.92. The Morgan fingerprint density at radius 2 is 2.35 bits per heavy atom. The maximum Gasteiger partial charge on any atom is 0.329 e. The Kier molecular flexibility index (Phi) is 3.75. The Balaban J connectivity index is 3.16. The van der Waals surface area contributed by atoms with Crippen molar-refractivity contribution in [1.29, 1.82) is 0 Å². The van der Waals surface area contributed by atoms with Crippen molar-refractivity contribution < 1.29 is 9.72 Å². The molecule has 0 aliphatic heterocycles. The number of anilines is 2. The van der Waals surface area contributed by atoms with Crippen LogP contribution in [0.1, 0.15) is 0 Å². The quantitative estimate of drug-likeness (QED) is 0.516. The summed E-state index contributed by atoms with van der Waals surface area (Å²) in [6.45, 7) is -0.166. The molecule has 1 amide bonds. The summed E-state index contributed by atoms with van der Waals surface area (Å²) in [6.07, 6.45) is 1.08. The SMILES string of the molecule is CNc1ncc([N+](=O)[O-])c(N(C)CC(N)=O)n1. The zero-order valence-electron chi connectivity index (χ0n) is 9.38. The number of primary amides is 1. The molecule has 0 saturated heterocycles. The van der Waals surface area contributed by atoms with Gasteiger partial charge in [0.2, 0.25) is 17.7 Å². The molecule has 92 valence electrons. The maximum atomic E-state index is 10.8. The van der Waals surface area contributed by atoms with Crippen molar-refractivity contribution in [3.63, 3.8) is 0 Å². The van der Waals surface area contributed by atoms with Gasteiger partial charge >= 0.3 is 5.69 Å². The minimum absolute atomic E-state index is 0.0353. The Morgan fingerprint density at radius 1 is 1.71 bits per heavy atom. The van der Waals surface area contributed by atoms with Crippen molar-refractivity contribution in [3.05, 3.63) is 16.3 Å². The highest BCUT2D eigenvalue weighted by atomic mass is 16.6. The molecule has 0 unspecified atom stereocenters. The summed E-state index contributed by atoms with van der Waals surface area (Å²) in [5, 5.41) is 13.4.